The van der Waals surface area contributed by atoms with Crippen LogP contribution < -0.4 is 5.32 Å². The first-order valence-electron chi connectivity index (χ1n) is 13.4. The highest BCUT2D eigenvalue weighted by Gasteiger charge is 2.19. The van der Waals surface area contributed by atoms with E-state index in [0.29, 0.717) is 5.92 Å². The highest BCUT2D eigenvalue weighted by molar-refractivity contribution is 5.96. The molecule has 2 aliphatic rings. The van der Waals surface area contributed by atoms with Crippen molar-refractivity contribution >= 4 is 22.2 Å². The zero-order valence-electron chi connectivity index (χ0n) is 21.8. The molecule has 1 fully saturated rings. The Hall–Kier alpha value is -4.38. The van der Waals surface area contributed by atoms with E-state index in [1.54, 1.807) is 0 Å². The van der Waals surface area contributed by atoms with Gasteiger partial charge in [0.1, 0.15) is 5.69 Å². The number of aromatic nitrogens is 4. The molecule has 0 amide bonds. The van der Waals surface area contributed by atoms with E-state index in [4.69, 9.17) is 5.10 Å². The molecule has 38 heavy (non-hydrogen) atoms. The van der Waals surface area contributed by atoms with E-state index in [9.17, 15) is 0 Å². The Balaban J connectivity index is 1.33. The molecule has 4 aromatic rings. The molecule has 0 radical (unpaired) electrons. The van der Waals surface area contributed by atoms with Gasteiger partial charge in [-0.3, -0.25) is 10.1 Å². The van der Waals surface area contributed by atoms with Gasteiger partial charge in [-0.15, -0.1) is 0 Å². The van der Waals surface area contributed by atoms with Gasteiger partial charge in [0.2, 0.25) is 0 Å². The molecule has 0 spiro atoms. The van der Waals surface area contributed by atoms with Crippen LogP contribution in [0.25, 0.3) is 39.0 Å². The van der Waals surface area contributed by atoms with E-state index < -0.39 is 0 Å². The predicted molar refractivity (Wildman–Crippen MR) is 159 cm³/mol. The fourth-order valence-electron chi connectivity index (χ4n) is 5.71. The van der Waals surface area contributed by atoms with Crippen molar-refractivity contribution in [3.05, 3.63) is 109 Å². The number of nitrogens with one attached hydrogen (secondary N) is 3. The zero-order chi connectivity index (χ0) is 26.1. The lowest BCUT2D eigenvalue weighted by atomic mass is 9.98. The average molecular weight is 500 g/mol. The molecule has 3 heterocycles. The van der Waals surface area contributed by atoms with E-state index in [2.05, 4.69) is 95.1 Å². The number of hydrogen-bond acceptors (Lipinski definition) is 3. The quantitative estimate of drug-likeness (QED) is 0.213. The lowest BCUT2D eigenvalue weighted by Crippen LogP contribution is -2.07. The van der Waals surface area contributed by atoms with Gasteiger partial charge in [-0.25, -0.2) is 0 Å². The van der Waals surface area contributed by atoms with Crippen LogP contribution in [-0.2, 0) is 0 Å². The summed E-state index contributed by atoms with van der Waals surface area (Å²) >= 11 is 0. The van der Waals surface area contributed by atoms with Crippen LogP contribution in [0.3, 0.4) is 0 Å². The Kier molecular flexibility index (Phi) is 6.42. The molecule has 0 aliphatic heterocycles. The number of pyridine rings is 1. The maximum atomic E-state index is 4.69. The molecule has 1 saturated carbocycles. The number of aryl methyl sites for hydroxylation is 1. The molecule has 5 nitrogen and oxygen atoms in total. The molecule has 0 saturated heterocycles. The first-order chi connectivity index (χ1) is 18.6. The third-order valence-corrected chi connectivity index (χ3v) is 7.71. The summed E-state index contributed by atoms with van der Waals surface area (Å²) in [6, 6.07) is 10.7. The highest BCUT2D eigenvalue weighted by atomic mass is 15.1. The van der Waals surface area contributed by atoms with Crippen molar-refractivity contribution in [1.29, 1.82) is 0 Å². The molecule has 3 aromatic heterocycles. The zero-order valence-corrected chi connectivity index (χ0v) is 21.8. The van der Waals surface area contributed by atoms with Crippen molar-refractivity contribution in [2.45, 2.75) is 39.0 Å². The molecule has 0 atom stereocenters. The summed E-state index contributed by atoms with van der Waals surface area (Å²) in [6.07, 6.45) is 20.3. The molecular formula is C33H33N5. The maximum absolute atomic E-state index is 4.69. The molecule has 0 bridgehead atoms. The first-order valence-corrected chi connectivity index (χ1v) is 13.4. The van der Waals surface area contributed by atoms with Crippen LogP contribution in [0.2, 0.25) is 0 Å². The third kappa shape index (κ3) is 4.56. The monoisotopic (exact) mass is 499 g/mol. The number of aromatic amines is 2. The van der Waals surface area contributed by atoms with Gasteiger partial charge in [0.25, 0.3) is 0 Å². The van der Waals surface area contributed by atoms with Crippen LogP contribution in [0, 0.1) is 12.8 Å². The molecule has 2 aliphatic carbocycles. The second kappa shape index (κ2) is 10.2. The van der Waals surface area contributed by atoms with Gasteiger partial charge in [-0.05, 0) is 73.1 Å². The van der Waals surface area contributed by atoms with Crippen LogP contribution in [0.1, 0.15) is 43.4 Å². The molecule has 5 heteroatoms. The van der Waals surface area contributed by atoms with Gasteiger partial charge in [-0.2, -0.15) is 5.10 Å². The fraction of sp³-hybridized carbons (Fsp3) is 0.212. The van der Waals surface area contributed by atoms with Crippen LogP contribution in [-0.4, -0.2) is 20.2 Å². The van der Waals surface area contributed by atoms with E-state index in [1.807, 2.05) is 18.5 Å². The van der Waals surface area contributed by atoms with Crippen LogP contribution in [0.5, 0.6) is 0 Å². The van der Waals surface area contributed by atoms with E-state index >= 15 is 0 Å². The van der Waals surface area contributed by atoms with E-state index in [-0.39, 0.29) is 0 Å². The van der Waals surface area contributed by atoms with Gasteiger partial charge in [-0.1, -0.05) is 62.4 Å². The lowest BCUT2D eigenvalue weighted by Gasteiger charge is -2.16. The fourth-order valence-corrected chi connectivity index (χ4v) is 5.71. The van der Waals surface area contributed by atoms with Crippen molar-refractivity contribution in [2.24, 2.45) is 5.92 Å². The summed E-state index contributed by atoms with van der Waals surface area (Å²) in [5, 5.41) is 12.5. The molecular weight excluding hydrogens is 466 g/mol. The molecule has 0 unspecified atom stereocenters. The maximum Gasteiger partial charge on any atom is 0.116 e. The van der Waals surface area contributed by atoms with Gasteiger partial charge in [0.15, 0.2) is 0 Å². The summed E-state index contributed by atoms with van der Waals surface area (Å²) in [6.45, 7) is 10.3. The van der Waals surface area contributed by atoms with E-state index in [1.165, 1.54) is 36.8 Å². The SMILES string of the molecule is C=C/C=C(/C1=CCC=C1)c1cc(-c2n[nH]c3ccc(-c4cncc(NC(=C)C5CCCC5)c4)cc23)[nH]c1C. The molecule has 3 N–H and O–H groups in total. The van der Waals surface area contributed by atoms with Gasteiger partial charge >= 0.3 is 0 Å². The topological polar surface area (TPSA) is 69.4 Å². The molecule has 1 aromatic carbocycles. The normalized spacial score (nSPS) is 15.8. The number of allylic oxidation sites excluding steroid dienone is 8. The van der Waals surface area contributed by atoms with Gasteiger partial charge in [0, 0.05) is 34.1 Å². The summed E-state index contributed by atoms with van der Waals surface area (Å²) in [7, 11) is 0. The Morgan fingerprint density at radius 3 is 2.76 bits per heavy atom. The largest absolute Gasteiger partial charge is 0.358 e. The minimum Gasteiger partial charge on any atom is -0.358 e. The second-order valence-electron chi connectivity index (χ2n) is 10.3. The van der Waals surface area contributed by atoms with Crippen molar-refractivity contribution in [2.75, 3.05) is 5.32 Å². The Morgan fingerprint density at radius 2 is 1.97 bits per heavy atom. The van der Waals surface area contributed by atoms with Crippen molar-refractivity contribution < 1.29 is 0 Å². The van der Waals surface area contributed by atoms with Crippen LogP contribution >= 0.6 is 0 Å². The summed E-state index contributed by atoms with van der Waals surface area (Å²) in [5.74, 6) is 0.556. The number of fused-ring (bicyclic) bond motifs is 1. The smallest absolute Gasteiger partial charge is 0.116 e. The van der Waals surface area contributed by atoms with Crippen LogP contribution in [0.15, 0.2) is 97.5 Å². The number of H-pyrrole nitrogens is 2. The predicted octanol–water partition coefficient (Wildman–Crippen LogP) is 8.50. The lowest BCUT2D eigenvalue weighted by molar-refractivity contribution is 0.649. The summed E-state index contributed by atoms with van der Waals surface area (Å²) < 4.78 is 0. The number of nitrogens with zero attached hydrogens (tertiary/aromatic N) is 2. The summed E-state index contributed by atoms with van der Waals surface area (Å²) in [4.78, 5) is 8.10. The minimum atomic E-state index is 0.556. The Labute approximate surface area is 223 Å². The molecule has 6 rings (SSSR count). The van der Waals surface area contributed by atoms with Crippen molar-refractivity contribution in [3.8, 4) is 22.5 Å². The Morgan fingerprint density at radius 1 is 1.11 bits per heavy atom. The number of rotatable bonds is 8. The average Bonchev–Trinajstić information content (AvgIpc) is 3.74. The van der Waals surface area contributed by atoms with Gasteiger partial charge < -0.3 is 10.3 Å². The number of benzene rings is 1. The van der Waals surface area contributed by atoms with Crippen molar-refractivity contribution in [3.63, 3.8) is 0 Å². The first kappa shape index (κ1) is 24.0. The second-order valence-corrected chi connectivity index (χ2v) is 10.3. The Bertz CT molecular complexity index is 1620. The van der Waals surface area contributed by atoms with Crippen LogP contribution in [0.4, 0.5) is 5.69 Å². The minimum absolute atomic E-state index is 0.556. The number of anilines is 1. The van der Waals surface area contributed by atoms with Crippen molar-refractivity contribution in [1.82, 2.24) is 20.2 Å². The third-order valence-electron chi connectivity index (χ3n) is 7.71. The highest BCUT2D eigenvalue weighted by Crippen LogP contribution is 2.36. The number of hydrogen-bond donors (Lipinski definition) is 3. The van der Waals surface area contributed by atoms with Gasteiger partial charge in [0.05, 0.1) is 23.1 Å². The molecule has 190 valence electrons. The van der Waals surface area contributed by atoms with E-state index in [0.717, 1.165) is 62.5 Å². The summed E-state index contributed by atoms with van der Waals surface area (Å²) in [5.41, 5.74) is 11.8. The standard InChI is InChI=1S/C33H33N5/c1-4-9-28(24-12-7-8-13-24)29-18-32(36-22(29)3)33-30-17-25(14-15-31(30)37-38-33)26-16-27(20-34-19-26)35-21(2)23-10-5-6-11-23/h4,7,9,12-20,23,35-36H,1-2,5-6,8,10-11H2,3H3,(H,37,38)/b28-9-.